The van der Waals surface area contributed by atoms with Crippen molar-refractivity contribution in [1.82, 2.24) is 9.97 Å². The van der Waals surface area contributed by atoms with Crippen molar-refractivity contribution >= 4 is 55.6 Å². The minimum Gasteiger partial charge on any atom is -0.455 e. The van der Waals surface area contributed by atoms with E-state index < -0.39 is 0 Å². The first kappa shape index (κ1) is 18.4. The van der Waals surface area contributed by atoms with Crippen LogP contribution in [0.3, 0.4) is 0 Å². The average Bonchev–Trinajstić information content (AvgIpc) is 3.42. The molecule has 33 heavy (non-hydrogen) atoms. The van der Waals surface area contributed by atoms with Gasteiger partial charge in [-0.05, 0) is 35.4 Å². The van der Waals surface area contributed by atoms with Crippen LogP contribution in [0.1, 0.15) is 0 Å². The third kappa shape index (κ3) is 2.78. The number of aromatic nitrogens is 2. The monoisotopic (exact) mass is 446 g/mol. The van der Waals surface area contributed by atoms with E-state index in [1.807, 2.05) is 60.7 Å². The van der Waals surface area contributed by atoms with Crippen molar-refractivity contribution in [3.8, 4) is 22.4 Å². The Morgan fingerprint density at radius 1 is 0.576 bits per heavy atom. The molecule has 0 amide bonds. The van der Waals surface area contributed by atoms with Crippen LogP contribution < -0.4 is 0 Å². The summed E-state index contributed by atoms with van der Waals surface area (Å²) in [7, 11) is 0. The molecule has 7 rings (SSSR count). The van der Waals surface area contributed by atoms with Crippen LogP contribution in [0.2, 0.25) is 5.28 Å². The quantitative estimate of drug-likeness (QED) is 0.251. The lowest BCUT2D eigenvalue weighted by atomic mass is 10.0. The number of nitrogens with zero attached hydrogens (tertiary/aromatic N) is 2. The highest BCUT2D eigenvalue weighted by atomic mass is 35.5. The van der Waals surface area contributed by atoms with Crippen LogP contribution in [-0.4, -0.2) is 9.97 Å². The summed E-state index contributed by atoms with van der Waals surface area (Å²) in [6.45, 7) is 0. The molecule has 4 aromatic carbocycles. The lowest BCUT2D eigenvalue weighted by molar-refractivity contribution is 0.666. The Hall–Kier alpha value is -4.15. The number of fused-ring (bicyclic) bond motifs is 6. The first-order valence-corrected chi connectivity index (χ1v) is 11.0. The molecule has 0 aliphatic heterocycles. The Kier molecular flexibility index (Phi) is 3.87. The van der Waals surface area contributed by atoms with Crippen molar-refractivity contribution in [3.05, 3.63) is 96.3 Å². The maximum absolute atomic E-state index is 6.33. The van der Waals surface area contributed by atoms with Gasteiger partial charge in [-0.1, -0.05) is 72.8 Å². The summed E-state index contributed by atoms with van der Waals surface area (Å²) in [6, 6.07) is 30.3. The van der Waals surface area contributed by atoms with Crippen LogP contribution >= 0.6 is 11.6 Å². The molecule has 0 bridgehead atoms. The SMILES string of the molecule is Clc1nc(-c2ccccc2)c2oc3ccc(-c4cccc5c4oc4ccccc45)cc3c2n1. The maximum Gasteiger partial charge on any atom is 0.223 e. The lowest BCUT2D eigenvalue weighted by Gasteiger charge is -2.03. The fourth-order valence-electron chi connectivity index (χ4n) is 4.55. The maximum atomic E-state index is 6.33. The molecule has 0 radical (unpaired) electrons. The predicted molar refractivity (Wildman–Crippen MR) is 132 cm³/mol. The van der Waals surface area contributed by atoms with E-state index in [-0.39, 0.29) is 5.28 Å². The van der Waals surface area contributed by atoms with Crippen LogP contribution in [0.15, 0.2) is 99.8 Å². The topological polar surface area (TPSA) is 52.1 Å². The van der Waals surface area contributed by atoms with E-state index in [1.54, 1.807) is 0 Å². The van der Waals surface area contributed by atoms with Gasteiger partial charge in [-0.25, -0.2) is 9.97 Å². The molecule has 4 nitrogen and oxygen atoms in total. The largest absolute Gasteiger partial charge is 0.455 e. The normalized spacial score (nSPS) is 11.8. The zero-order valence-corrected chi connectivity index (χ0v) is 18.0. The third-order valence-corrected chi connectivity index (χ3v) is 6.22. The number of furan rings is 2. The molecule has 5 heteroatoms. The number of halogens is 1. The van der Waals surface area contributed by atoms with E-state index in [0.29, 0.717) is 16.8 Å². The van der Waals surface area contributed by atoms with Crippen molar-refractivity contribution in [2.75, 3.05) is 0 Å². The summed E-state index contributed by atoms with van der Waals surface area (Å²) in [5.74, 6) is 0. The fourth-order valence-corrected chi connectivity index (χ4v) is 4.72. The molecule has 7 aromatic rings. The first-order chi connectivity index (χ1) is 16.3. The predicted octanol–water partition coefficient (Wildman–Crippen LogP) is 8.26. The number of benzene rings is 4. The Balaban J connectivity index is 1.50. The van der Waals surface area contributed by atoms with Crippen molar-refractivity contribution in [1.29, 1.82) is 0 Å². The van der Waals surface area contributed by atoms with E-state index in [4.69, 9.17) is 20.4 Å². The second-order valence-electron chi connectivity index (χ2n) is 7.98. The van der Waals surface area contributed by atoms with Gasteiger partial charge in [0.05, 0.1) is 0 Å². The summed E-state index contributed by atoms with van der Waals surface area (Å²) < 4.78 is 12.5. The van der Waals surface area contributed by atoms with E-state index in [2.05, 4.69) is 40.3 Å². The second-order valence-corrected chi connectivity index (χ2v) is 8.32. The summed E-state index contributed by atoms with van der Waals surface area (Å²) in [5, 5.41) is 3.28. The smallest absolute Gasteiger partial charge is 0.223 e. The molecule has 0 atom stereocenters. The lowest BCUT2D eigenvalue weighted by Crippen LogP contribution is -1.89. The Labute approximate surface area is 193 Å². The molecule has 0 aliphatic rings. The summed E-state index contributed by atoms with van der Waals surface area (Å²) in [5.41, 5.74) is 7.45. The fraction of sp³-hybridized carbons (Fsp3) is 0. The van der Waals surface area contributed by atoms with Gasteiger partial charge in [-0.2, -0.15) is 0 Å². The highest BCUT2D eigenvalue weighted by molar-refractivity contribution is 6.29. The molecule has 0 saturated heterocycles. The molecule has 0 unspecified atom stereocenters. The standard InChI is InChI=1S/C28H15ClN2O2/c29-28-30-24(16-7-2-1-3-8-16)27-25(31-28)21-15-17(13-14-23(21)33-27)18-10-6-11-20-19-9-4-5-12-22(19)32-26(18)20/h1-15H. The van der Waals surface area contributed by atoms with Crippen molar-refractivity contribution in [2.24, 2.45) is 0 Å². The molecular weight excluding hydrogens is 432 g/mol. The van der Waals surface area contributed by atoms with Crippen molar-refractivity contribution in [3.63, 3.8) is 0 Å². The number of para-hydroxylation sites is 2. The van der Waals surface area contributed by atoms with Gasteiger partial charge in [0.15, 0.2) is 5.58 Å². The number of rotatable bonds is 2. The number of hydrogen-bond donors (Lipinski definition) is 0. The van der Waals surface area contributed by atoms with Crippen molar-refractivity contribution < 1.29 is 8.83 Å². The average molecular weight is 447 g/mol. The van der Waals surface area contributed by atoms with Gasteiger partial charge in [0.25, 0.3) is 0 Å². The highest BCUT2D eigenvalue weighted by Gasteiger charge is 2.18. The van der Waals surface area contributed by atoms with Gasteiger partial charge in [0.2, 0.25) is 5.28 Å². The minimum absolute atomic E-state index is 0.189. The molecule has 0 saturated carbocycles. The molecule has 156 valence electrons. The molecule has 0 N–H and O–H groups in total. The summed E-state index contributed by atoms with van der Waals surface area (Å²) in [4.78, 5) is 8.98. The minimum atomic E-state index is 0.189. The van der Waals surface area contributed by atoms with Crippen LogP contribution in [0, 0.1) is 0 Å². The molecule has 0 spiro atoms. The summed E-state index contributed by atoms with van der Waals surface area (Å²) >= 11 is 6.33. The Morgan fingerprint density at radius 3 is 2.24 bits per heavy atom. The van der Waals surface area contributed by atoms with Gasteiger partial charge < -0.3 is 8.83 Å². The zero-order chi connectivity index (χ0) is 21.9. The van der Waals surface area contributed by atoms with E-state index >= 15 is 0 Å². The van der Waals surface area contributed by atoms with Gasteiger partial charge in [-0.15, -0.1) is 0 Å². The van der Waals surface area contributed by atoms with Gasteiger partial charge in [-0.3, -0.25) is 0 Å². The summed E-state index contributed by atoms with van der Waals surface area (Å²) in [6.07, 6.45) is 0. The number of hydrogen-bond acceptors (Lipinski definition) is 4. The van der Waals surface area contributed by atoms with E-state index in [1.165, 1.54) is 0 Å². The third-order valence-electron chi connectivity index (χ3n) is 6.05. The molecule has 3 heterocycles. The van der Waals surface area contributed by atoms with E-state index in [0.717, 1.165) is 49.6 Å². The molecule has 3 aromatic heterocycles. The van der Waals surface area contributed by atoms with Crippen LogP contribution in [0.4, 0.5) is 0 Å². The van der Waals surface area contributed by atoms with Gasteiger partial charge >= 0.3 is 0 Å². The first-order valence-electron chi connectivity index (χ1n) is 10.6. The zero-order valence-electron chi connectivity index (χ0n) is 17.2. The van der Waals surface area contributed by atoms with Crippen LogP contribution in [0.5, 0.6) is 0 Å². The van der Waals surface area contributed by atoms with Crippen molar-refractivity contribution in [2.45, 2.75) is 0 Å². The molecule has 0 aliphatic carbocycles. The molecule has 0 fully saturated rings. The Morgan fingerprint density at radius 2 is 1.33 bits per heavy atom. The molecular formula is C28H15ClN2O2. The van der Waals surface area contributed by atoms with Gasteiger partial charge in [0, 0.05) is 27.3 Å². The second kappa shape index (κ2) is 6.92. The van der Waals surface area contributed by atoms with Crippen LogP contribution in [0.25, 0.3) is 66.4 Å². The van der Waals surface area contributed by atoms with E-state index in [9.17, 15) is 0 Å². The highest BCUT2D eigenvalue weighted by Crippen LogP contribution is 2.39. The van der Waals surface area contributed by atoms with Crippen LogP contribution in [-0.2, 0) is 0 Å². The Bertz CT molecular complexity index is 1830. The van der Waals surface area contributed by atoms with Gasteiger partial charge in [0.1, 0.15) is 28.0 Å².